The van der Waals surface area contributed by atoms with Crippen molar-refractivity contribution >= 4 is 22.8 Å². The predicted octanol–water partition coefficient (Wildman–Crippen LogP) is 2.84. The summed E-state index contributed by atoms with van der Waals surface area (Å²) < 4.78 is 5.37. The van der Waals surface area contributed by atoms with Gasteiger partial charge in [-0.2, -0.15) is 0 Å². The maximum absolute atomic E-state index is 12.8. The van der Waals surface area contributed by atoms with Gasteiger partial charge in [0.2, 0.25) is 11.8 Å². The van der Waals surface area contributed by atoms with Gasteiger partial charge in [0.15, 0.2) is 5.43 Å². The van der Waals surface area contributed by atoms with Crippen LogP contribution in [0.3, 0.4) is 0 Å². The number of imide groups is 1. The van der Waals surface area contributed by atoms with Crippen molar-refractivity contribution in [1.82, 2.24) is 4.90 Å². The van der Waals surface area contributed by atoms with Gasteiger partial charge in [0.25, 0.3) is 0 Å². The summed E-state index contributed by atoms with van der Waals surface area (Å²) in [6.07, 6.45) is 1.40. The zero-order valence-corrected chi connectivity index (χ0v) is 13.3. The SMILES string of the molecule is O=C1CC(c2cccc3occc(=O)c23)C(=O)N1Cc1ccccc1. The zero-order chi connectivity index (χ0) is 17.4. The average Bonchev–Trinajstić information content (AvgIpc) is 2.90. The van der Waals surface area contributed by atoms with Crippen LogP contribution in [-0.2, 0) is 16.1 Å². The molecular weight excluding hydrogens is 318 g/mol. The predicted molar refractivity (Wildman–Crippen MR) is 91.8 cm³/mol. The van der Waals surface area contributed by atoms with Gasteiger partial charge < -0.3 is 4.42 Å². The first-order chi connectivity index (χ1) is 12.1. The Kier molecular flexibility index (Phi) is 3.69. The maximum atomic E-state index is 12.8. The second kappa shape index (κ2) is 6.02. The van der Waals surface area contributed by atoms with Crippen LogP contribution in [0.5, 0.6) is 0 Å². The fourth-order valence-electron chi connectivity index (χ4n) is 3.31. The third-order valence-electron chi connectivity index (χ3n) is 4.52. The van der Waals surface area contributed by atoms with Crippen LogP contribution in [0.25, 0.3) is 11.0 Å². The lowest BCUT2D eigenvalue weighted by atomic mass is 9.94. The van der Waals surface area contributed by atoms with E-state index in [2.05, 4.69) is 0 Å². The Hall–Kier alpha value is -3.21. The van der Waals surface area contributed by atoms with Gasteiger partial charge in [-0.15, -0.1) is 0 Å². The van der Waals surface area contributed by atoms with E-state index in [1.807, 2.05) is 30.3 Å². The molecule has 2 aromatic carbocycles. The number of carbonyl (C=O) groups is 2. The van der Waals surface area contributed by atoms with E-state index in [9.17, 15) is 14.4 Å². The van der Waals surface area contributed by atoms with Gasteiger partial charge >= 0.3 is 0 Å². The molecule has 25 heavy (non-hydrogen) atoms. The van der Waals surface area contributed by atoms with E-state index in [0.717, 1.165) is 5.56 Å². The lowest BCUT2D eigenvalue weighted by molar-refractivity contribution is -0.139. The lowest BCUT2D eigenvalue weighted by Crippen LogP contribution is -2.29. The molecule has 0 N–H and O–H groups in total. The van der Waals surface area contributed by atoms with E-state index in [1.165, 1.54) is 17.2 Å². The number of nitrogens with zero attached hydrogens (tertiary/aromatic N) is 1. The highest BCUT2D eigenvalue weighted by molar-refractivity contribution is 6.07. The number of benzene rings is 2. The van der Waals surface area contributed by atoms with Crippen LogP contribution in [0, 0.1) is 0 Å². The fourth-order valence-corrected chi connectivity index (χ4v) is 3.31. The highest BCUT2D eigenvalue weighted by atomic mass is 16.3. The number of fused-ring (bicyclic) bond motifs is 1. The minimum absolute atomic E-state index is 0.0686. The number of carbonyl (C=O) groups excluding carboxylic acids is 2. The number of amides is 2. The highest BCUT2D eigenvalue weighted by Crippen LogP contribution is 2.33. The van der Waals surface area contributed by atoms with Crippen molar-refractivity contribution < 1.29 is 14.0 Å². The van der Waals surface area contributed by atoms with Gasteiger partial charge in [-0.3, -0.25) is 19.3 Å². The van der Waals surface area contributed by atoms with Crippen LogP contribution < -0.4 is 5.43 Å². The smallest absolute Gasteiger partial charge is 0.237 e. The van der Waals surface area contributed by atoms with Gasteiger partial charge in [-0.1, -0.05) is 42.5 Å². The van der Waals surface area contributed by atoms with Crippen molar-refractivity contribution in [2.45, 2.75) is 18.9 Å². The summed E-state index contributed by atoms with van der Waals surface area (Å²) in [5, 5.41) is 0.373. The van der Waals surface area contributed by atoms with Crippen molar-refractivity contribution in [3.8, 4) is 0 Å². The average molecular weight is 333 g/mol. The molecule has 2 heterocycles. The first-order valence-electron chi connectivity index (χ1n) is 8.04. The van der Waals surface area contributed by atoms with E-state index in [-0.39, 0.29) is 30.2 Å². The number of likely N-dealkylation sites (tertiary alicyclic amines) is 1. The lowest BCUT2D eigenvalue weighted by Gasteiger charge is -2.15. The van der Waals surface area contributed by atoms with Crippen LogP contribution in [0.1, 0.15) is 23.5 Å². The summed E-state index contributed by atoms with van der Waals surface area (Å²) in [5.41, 5.74) is 1.66. The molecule has 0 spiro atoms. The van der Waals surface area contributed by atoms with Crippen molar-refractivity contribution in [2.24, 2.45) is 0 Å². The summed E-state index contributed by atoms with van der Waals surface area (Å²) in [6, 6.07) is 15.8. The number of rotatable bonds is 3. The van der Waals surface area contributed by atoms with Gasteiger partial charge in [0.05, 0.1) is 24.1 Å². The molecule has 1 aliphatic heterocycles. The zero-order valence-electron chi connectivity index (χ0n) is 13.3. The molecule has 2 amide bonds. The fraction of sp³-hybridized carbons (Fsp3) is 0.150. The Morgan fingerprint density at radius 1 is 0.960 bits per heavy atom. The molecular formula is C20H15NO4. The van der Waals surface area contributed by atoms with Crippen LogP contribution >= 0.6 is 0 Å². The third-order valence-corrected chi connectivity index (χ3v) is 4.52. The normalized spacial score (nSPS) is 17.4. The van der Waals surface area contributed by atoms with E-state index >= 15 is 0 Å². The highest BCUT2D eigenvalue weighted by Gasteiger charge is 2.40. The molecule has 1 unspecified atom stereocenters. The minimum Gasteiger partial charge on any atom is -0.464 e. The molecule has 5 nitrogen and oxygen atoms in total. The van der Waals surface area contributed by atoms with Crippen LogP contribution in [0.2, 0.25) is 0 Å². The van der Waals surface area contributed by atoms with Gasteiger partial charge in [-0.05, 0) is 17.2 Å². The number of hydrogen-bond acceptors (Lipinski definition) is 4. The van der Waals surface area contributed by atoms with Crippen LogP contribution in [0.4, 0.5) is 0 Å². The third kappa shape index (κ3) is 2.63. The summed E-state index contributed by atoms with van der Waals surface area (Å²) in [7, 11) is 0. The standard InChI is InChI=1S/C20H15NO4/c22-16-9-10-25-17-8-4-7-14(19(16)17)15-11-18(23)21(20(15)24)12-13-5-2-1-3-6-13/h1-10,15H,11-12H2. The van der Waals surface area contributed by atoms with Gasteiger partial charge in [0, 0.05) is 12.5 Å². The second-order valence-corrected chi connectivity index (χ2v) is 6.07. The van der Waals surface area contributed by atoms with Crippen molar-refractivity contribution in [3.63, 3.8) is 0 Å². The summed E-state index contributed by atoms with van der Waals surface area (Å²) in [5.74, 6) is -1.15. The minimum atomic E-state index is -0.648. The molecule has 0 bridgehead atoms. The molecule has 1 saturated heterocycles. The van der Waals surface area contributed by atoms with Crippen LogP contribution in [-0.4, -0.2) is 16.7 Å². The summed E-state index contributed by atoms with van der Waals surface area (Å²) >= 11 is 0. The van der Waals surface area contributed by atoms with E-state index in [4.69, 9.17) is 4.42 Å². The Morgan fingerprint density at radius 3 is 2.56 bits per heavy atom. The first kappa shape index (κ1) is 15.3. The van der Waals surface area contributed by atoms with E-state index in [1.54, 1.807) is 18.2 Å². The Labute approximate surface area is 143 Å². The van der Waals surface area contributed by atoms with E-state index in [0.29, 0.717) is 16.5 Å². The summed E-state index contributed by atoms with van der Waals surface area (Å²) in [4.78, 5) is 38.8. The molecule has 1 fully saturated rings. The van der Waals surface area contributed by atoms with Crippen molar-refractivity contribution in [2.75, 3.05) is 0 Å². The topological polar surface area (TPSA) is 67.6 Å². The number of hydrogen-bond donors (Lipinski definition) is 0. The molecule has 1 aliphatic rings. The van der Waals surface area contributed by atoms with E-state index < -0.39 is 5.92 Å². The summed E-state index contributed by atoms with van der Waals surface area (Å²) in [6.45, 7) is 0.244. The molecule has 124 valence electrons. The monoisotopic (exact) mass is 333 g/mol. The van der Waals surface area contributed by atoms with Crippen molar-refractivity contribution in [1.29, 1.82) is 0 Å². The Bertz CT molecular complexity index is 1020. The molecule has 4 rings (SSSR count). The maximum Gasteiger partial charge on any atom is 0.237 e. The Morgan fingerprint density at radius 2 is 1.76 bits per heavy atom. The first-order valence-corrected chi connectivity index (χ1v) is 8.04. The van der Waals surface area contributed by atoms with Gasteiger partial charge in [-0.25, -0.2) is 0 Å². The van der Waals surface area contributed by atoms with Gasteiger partial charge in [0.1, 0.15) is 5.58 Å². The Balaban J connectivity index is 1.72. The molecule has 5 heteroatoms. The van der Waals surface area contributed by atoms with Crippen LogP contribution in [0.15, 0.2) is 70.1 Å². The largest absolute Gasteiger partial charge is 0.464 e. The molecule has 0 radical (unpaired) electrons. The second-order valence-electron chi connectivity index (χ2n) is 6.07. The molecule has 1 aromatic heterocycles. The quantitative estimate of drug-likeness (QED) is 0.691. The molecule has 3 aromatic rings. The molecule has 0 aliphatic carbocycles. The van der Waals surface area contributed by atoms with Crippen molar-refractivity contribution in [3.05, 3.63) is 82.2 Å². The molecule has 0 saturated carbocycles. The molecule has 1 atom stereocenters.